The number of hydrogen-bond acceptors (Lipinski definition) is 0. The van der Waals surface area contributed by atoms with Gasteiger partial charge in [0, 0.05) is 22.4 Å². The summed E-state index contributed by atoms with van der Waals surface area (Å²) in [6.07, 6.45) is 1.08. The number of hydrogen-bond donors (Lipinski definition) is 0. The van der Waals surface area contributed by atoms with Crippen molar-refractivity contribution in [3.8, 4) is 5.69 Å². The van der Waals surface area contributed by atoms with Gasteiger partial charge in [-0.1, -0.05) is 85.8 Å². The Morgan fingerprint density at radius 1 is 0.607 bits per heavy atom. The monoisotopic (exact) mass is 361 g/mol. The van der Waals surface area contributed by atoms with Crippen LogP contribution in [0.1, 0.15) is 30.4 Å². The van der Waals surface area contributed by atoms with Crippen molar-refractivity contribution in [2.24, 2.45) is 0 Å². The van der Waals surface area contributed by atoms with Crippen LogP contribution in [-0.2, 0) is 0 Å². The number of benzene rings is 4. The zero-order valence-corrected chi connectivity index (χ0v) is 16.0. The molecule has 0 bridgehead atoms. The zero-order chi connectivity index (χ0) is 18.9. The van der Waals surface area contributed by atoms with Gasteiger partial charge in [0.25, 0.3) is 0 Å². The SMILES string of the molecule is CCC(c1ccccc1)c1ccc2c3ccccc3n(-c3ccccc3)c2c1. The summed E-state index contributed by atoms with van der Waals surface area (Å²) in [4.78, 5) is 0. The number of aromatic nitrogens is 1. The van der Waals surface area contributed by atoms with Crippen LogP contribution in [0, 0.1) is 0 Å². The van der Waals surface area contributed by atoms with Crippen LogP contribution in [0.2, 0.25) is 0 Å². The quantitative estimate of drug-likeness (QED) is 0.316. The average Bonchev–Trinajstić information content (AvgIpc) is 3.09. The lowest BCUT2D eigenvalue weighted by atomic mass is 9.88. The first-order valence-electron chi connectivity index (χ1n) is 10.0. The molecular formula is C27H23N. The maximum Gasteiger partial charge on any atom is 0.0544 e. The highest BCUT2D eigenvalue weighted by molar-refractivity contribution is 6.09. The van der Waals surface area contributed by atoms with Crippen molar-refractivity contribution in [2.75, 3.05) is 0 Å². The number of rotatable bonds is 4. The second kappa shape index (κ2) is 7.01. The topological polar surface area (TPSA) is 4.93 Å². The molecule has 1 nitrogen and oxygen atoms in total. The van der Waals surface area contributed by atoms with Gasteiger partial charge in [0.1, 0.15) is 0 Å². The summed E-state index contributed by atoms with van der Waals surface area (Å²) in [6.45, 7) is 2.27. The molecule has 1 heteroatoms. The van der Waals surface area contributed by atoms with E-state index in [1.807, 2.05) is 0 Å². The van der Waals surface area contributed by atoms with Gasteiger partial charge in [-0.15, -0.1) is 0 Å². The molecule has 1 unspecified atom stereocenters. The van der Waals surface area contributed by atoms with Crippen molar-refractivity contribution in [1.82, 2.24) is 4.57 Å². The fourth-order valence-electron chi connectivity index (χ4n) is 4.41. The lowest BCUT2D eigenvalue weighted by molar-refractivity contribution is 0.778. The summed E-state index contributed by atoms with van der Waals surface area (Å²) in [7, 11) is 0. The van der Waals surface area contributed by atoms with E-state index in [1.54, 1.807) is 0 Å². The minimum absolute atomic E-state index is 0.410. The Kier molecular flexibility index (Phi) is 4.21. The van der Waals surface area contributed by atoms with Crippen molar-refractivity contribution in [2.45, 2.75) is 19.3 Å². The van der Waals surface area contributed by atoms with E-state index in [1.165, 1.54) is 38.6 Å². The largest absolute Gasteiger partial charge is 0.309 e. The normalized spacial score (nSPS) is 12.5. The van der Waals surface area contributed by atoms with Crippen LogP contribution in [-0.4, -0.2) is 4.57 Å². The summed E-state index contributed by atoms with van der Waals surface area (Å²) in [6, 6.07) is 37.2. The van der Waals surface area contributed by atoms with Crippen LogP contribution in [0.5, 0.6) is 0 Å². The van der Waals surface area contributed by atoms with Crippen LogP contribution in [0.4, 0.5) is 0 Å². The molecule has 0 saturated carbocycles. The molecule has 0 amide bonds. The molecule has 1 aromatic heterocycles. The lowest BCUT2D eigenvalue weighted by Crippen LogP contribution is -2.00. The smallest absolute Gasteiger partial charge is 0.0544 e. The maximum absolute atomic E-state index is 2.39. The van der Waals surface area contributed by atoms with Gasteiger partial charge in [-0.2, -0.15) is 0 Å². The summed E-state index contributed by atoms with van der Waals surface area (Å²) in [5.74, 6) is 0.410. The summed E-state index contributed by atoms with van der Waals surface area (Å²) in [5, 5.41) is 2.62. The Labute approximate surface area is 165 Å². The molecule has 0 radical (unpaired) electrons. The van der Waals surface area contributed by atoms with E-state index in [4.69, 9.17) is 0 Å². The first-order valence-corrected chi connectivity index (χ1v) is 10.0. The van der Waals surface area contributed by atoms with Crippen LogP contribution < -0.4 is 0 Å². The Balaban J connectivity index is 1.79. The van der Waals surface area contributed by atoms with Gasteiger partial charge in [-0.3, -0.25) is 0 Å². The molecule has 5 rings (SSSR count). The molecule has 1 atom stereocenters. The summed E-state index contributed by atoms with van der Waals surface area (Å²) < 4.78 is 2.39. The first kappa shape index (κ1) is 16.8. The number of nitrogens with zero attached hydrogens (tertiary/aromatic N) is 1. The van der Waals surface area contributed by atoms with Gasteiger partial charge < -0.3 is 4.57 Å². The maximum atomic E-state index is 2.39. The standard InChI is InChI=1S/C27H23N/c1-2-23(20-11-5-3-6-12-20)21-17-18-25-24-15-9-10-16-26(24)28(27(25)19-21)22-13-7-4-8-14-22/h3-19,23H,2H2,1H3. The third-order valence-electron chi connectivity index (χ3n) is 5.72. The molecular weight excluding hydrogens is 338 g/mol. The van der Waals surface area contributed by atoms with Crippen LogP contribution in [0.25, 0.3) is 27.5 Å². The molecule has 136 valence electrons. The third kappa shape index (κ3) is 2.71. The Morgan fingerprint density at radius 2 is 1.25 bits per heavy atom. The van der Waals surface area contributed by atoms with Crippen molar-refractivity contribution < 1.29 is 0 Å². The van der Waals surface area contributed by atoms with Crippen LogP contribution >= 0.6 is 0 Å². The predicted molar refractivity (Wildman–Crippen MR) is 119 cm³/mol. The Hall–Kier alpha value is -3.32. The molecule has 5 aromatic rings. The minimum atomic E-state index is 0.410. The average molecular weight is 361 g/mol. The van der Waals surface area contributed by atoms with Gasteiger partial charge in [-0.05, 0) is 41.8 Å². The van der Waals surface area contributed by atoms with E-state index in [2.05, 4.69) is 115 Å². The van der Waals surface area contributed by atoms with Crippen molar-refractivity contribution >= 4 is 21.8 Å². The molecule has 28 heavy (non-hydrogen) atoms. The summed E-state index contributed by atoms with van der Waals surface area (Å²) >= 11 is 0. The van der Waals surface area contributed by atoms with Crippen molar-refractivity contribution in [3.05, 3.63) is 114 Å². The third-order valence-corrected chi connectivity index (χ3v) is 5.72. The molecule has 0 aliphatic heterocycles. The minimum Gasteiger partial charge on any atom is -0.309 e. The Bertz CT molecular complexity index is 1230. The zero-order valence-electron chi connectivity index (χ0n) is 16.0. The van der Waals surface area contributed by atoms with E-state index < -0.39 is 0 Å². The van der Waals surface area contributed by atoms with E-state index in [0.29, 0.717) is 5.92 Å². The molecule has 1 heterocycles. The predicted octanol–water partition coefficient (Wildman–Crippen LogP) is 7.33. The highest BCUT2D eigenvalue weighted by Gasteiger charge is 2.16. The Morgan fingerprint density at radius 3 is 2.00 bits per heavy atom. The number of para-hydroxylation sites is 2. The van der Waals surface area contributed by atoms with Crippen molar-refractivity contribution in [3.63, 3.8) is 0 Å². The van der Waals surface area contributed by atoms with E-state index in [-0.39, 0.29) is 0 Å². The molecule has 4 aromatic carbocycles. The first-order chi connectivity index (χ1) is 13.9. The van der Waals surface area contributed by atoms with E-state index in [0.717, 1.165) is 6.42 Å². The second-order valence-electron chi connectivity index (χ2n) is 7.34. The fourth-order valence-corrected chi connectivity index (χ4v) is 4.41. The van der Waals surface area contributed by atoms with E-state index >= 15 is 0 Å². The summed E-state index contributed by atoms with van der Waals surface area (Å²) in [5.41, 5.74) is 6.50. The highest BCUT2D eigenvalue weighted by Crippen LogP contribution is 2.36. The molecule has 0 saturated heterocycles. The molecule has 0 spiro atoms. The van der Waals surface area contributed by atoms with Gasteiger partial charge in [0.2, 0.25) is 0 Å². The second-order valence-corrected chi connectivity index (χ2v) is 7.34. The van der Waals surface area contributed by atoms with E-state index in [9.17, 15) is 0 Å². The van der Waals surface area contributed by atoms with Crippen LogP contribution in [0.15, 0.2) is 103 Å². The van der Waals surface area contributed by atoms with Gasteiger partial charge >= 0.3 is 0 Å². The van der Waals surface area contributed by atoms with Crippen LogP contribution in [0.3, 0.4) is 0 Å². The van der Waals surface area contributed by atoms with Crippen molar-refractivity contribution in [1.29, 1.82) is 0 Å². The number of fused-ring (bicyclic) bond motifs is 3. The lowest BCUT2D eigenvalue weighted by Gasteiger charge is -2.17. The molecule has 0 N–H and O–H groups in total. The molecule has 0 fully saturated rings. The molecule has 0 aliphatic carbocycles. The fraction of sp³-hybridized carbons (Fsp3) is 0.111. The van der Waals surface area contributed by atoms with Gasteiger partial charge in [0.15, 0.2) is 0 Å². The molecule has 0 aliphatic rings. The highest BCUT2D eigenvalue weighted by atomic mass is 15.0. The van der Waals surface area contributed by atoms with Gasteiger partial charge in [-0.25, -0.2) is 0 Å². The van der Waals surface area contributed by atoms with Gasteiger partial charge in [0.05, 0.1) is 11.0 Å².